The first-order chi connectivity index (χ1) is 14.9. The summed E-state index contributed by atoms with van der Waals surface area (Å²) < 4.78 is 41.0. The molecule has 1 saturated carbocycles. The molecule has 2 saturated heterocycles. The number of ether oxygens (including phenoxy) is 1. The van der Waals surface area contributed by atoms with Gasteiger partial charge in [0.25, 0.3) is 0 Å². The molecule has 11 heteroatoms. The predicted octanol–water partition coefficient (Wildman–Crippen LogP) is 1.39. The van der Waals surface area contributed by atoms with Crippen molar-refractivity contribution < 1.29 is 37.1 Å². The Morgan fingerprint density at radius 2 is 2.00 bits per heavy atom. The van der Waals surface area contributed by atoms with Crippen LogP contribution in [0.3, 0.4) is 0 Å². The number of alkyl halides is 3. The average molecular weight is 461 g/mol. The smallest absolute Gasteiger partial charge is 0.356 e. The molecular weight excluding hydrogens is 431 g/mol. The fraction of sp³-hybridized carbons (Fsp3) is 0.810. The Kier molecular flexibility index (Phi) is 6.88. The topological polar surface area (TPSA) is 105 Å². The second-order valence-corrected chi connectivity index (χ2v) is 9.47. The van der Waals surface area contributed by atoms with E-state index >= 15 is 0 Å². The molecule has 2 N–H and O–H groups in total. The molecule has 1 aliphatic carbocycles. The van der Waals surface area contributed by atoms with E-state index < -0.39 is 42.7 Å². The van der Waals surface area contributed by atoms with Gasteiger partial charge in [-0.3, -0.25) is 23.9 Å². The Bertz CT molecular complexity index is 785. The zero-order chi connectivity index (χ0) is 23.8. The van der Waals surface area contributed by atoms with Crippen molar-refractivity contribution in [3.63, 3.8) is 0 Å². The van der Waals surface area contributed by atoms with Gasteiger partial charge in [0.05, 0.1) is 6.04 Å². The summed E-state index contributed by atoms with van der Waals surface area (Å²) in [5, 5.41) is 5.17. The molecule has 2 aliphatic heterocycles. The first-order valence-electron chi connectivity index (χ1n) is 11.0. The number of halogens is 3. The SMILES string of the molecule is CCCC(=O)N1C[C@H]2[C@@H]([C@H]1C(=O)N[C@@H](C[C@@H]1CCNC1=O)C(=O)COC(F)(F)F)C2(C)C. The summed E-state index contributed by atoms with van der Waals surface area (Å²) in [6, 6.07) is -2.10. The van der Waals surface area contributed by atoms with E-state index in [0.29, 0.717) is 25.9 Å². The zero-order valence-corrected chi connectivity index (χ0v) is 18.5. The number of amides is 3. The first kappa shape index (κ1) is 24.5. The van der Waals surface area contributed by atoms with Crippen molar-refractivity contribution in [2.24, 2.45) is 23.2 Å². The fourth-order valence-electron chi connectivity index (χ4n) is 5.14. The maximum atomic E-state index is 13.2. The minimum Gasteiger partial charge on any atom is -0.356 e. The summed E-state index contributed by atoms with van der Waals surface area (Å²) in [4.78, 5) is 51.8. The first-order valence-corrected chi connectivity index (χ1v) is 11.0. The van der Waals surface area contributed by atoms with Crippen molar-refractivity contribution in [1.29, 1.82) is 0 Å². The van der Waals surface area contributed by atoms with Gasteiger partial charge in [0, 0.05) is 25.4 Å². The number of nitrogens with one attached hydrogen (secondary N) is 2. The largest absolute Gasteiger partial charge is 0.522 e. The van der Waals surface area contributed by atoms with Crippen molar-refractivity contribution in [3.05, 3.63) is 0 Å². The summed E-state index contributed by atoms with van der Waals surface area (Å²) in [5.74, 6) is -2.53. The lowest BCUT2D eigenvalue weighted by atomic mass is 9.94. The van der Waals surface area contributed by atoms with E-state index in [1.807, 2.05) is 20.8 Å². The highest BCUT2D eigenvalue weighted by atomic mass is 19.4. The minimum atomic E-state index is -4.99. The number of carbonyl (C=O) groups excluding carboxylic acids is 4. The quantitative estimate of drug-likeness (QED) is 0.540. The molecule has 0 aromatic carbocycles. The molecule has 32 heavy (non-hydrogen) atoms. The molecule has 0 radical (unpaired) electrons. The molecule has 3 amide bonds. The van der Waals surface area contributed by atoms with E-state index in [1.54, 1.807) is 0 Å². The van der Waals surface area contributed by atoms with E-state index in [2.05, 4.69) is 15.4 Å². The number of piperidine rings is 1. The maximum Gasteiger partial charge on any atom is 0.522 e. The lowest BCUT2D eigenvalue weighted by Crippen LogP contribution is -2.54. The van der Waals surface area contributed by atoms with Crippen LogP contribution in [0.2, 0.25) is 0 Å². The van der Waals surface area contributed by atoms with Gasteiger partial charge in [0.2, 0.25) is 17.7 Å². The van der Waals surface area contributed by atoms with E-state index in [-0.39, 0.29) is 41.9 Å². The summed E-state index contributed by atoms with van der Waals surface area (Å²) in [6.45, 7) is 5.45. The standard InChI is InChI=1S/C21H30F3N3O5/c1-4-5-15(29)27-9-12-16(20(12,2)3)17(27)19(31)26-13(8-11-6-7-25-18(11)30)14(28)10-32-21(22,23)24/h11-13,16-17H,4-10H2,1-3H3,(H,25,30)(H,26,31)/t11-,12-,13-,16-,17-/m0/s1. The molecule has 3 rings (SSSR count). The Morgan fingerprint density at radius 1 is 1.31 bits per heavy atom. The van der Waals surface area contributed by atoms with Crippen LogP contribution in [-0.2, 0) is 23.9 Å². The highest BCUT2D eigenvalue weighted by Crippen LogP contribution is 2.64. The lowest BCUT2D eigenvalue weighted by Gasteiger charge is -2.31. The van der Waals surface area contributed by atoms with Crippen molar-refractivity contribution in [3.8, 4) is 0 Å². The zero-order valence-electron chi connectivity index (χ0n) is 18.5. The second-order valence-electron chi connectivity index (χ2n) is 9.47. The van der Waals surface area contributed by atoms with Crippen molar-refractivity contribution in [2.45, 2.75) is 64.9 Å². The van der Waals surface area contributed by atoms with Crippen LogP contribution in [0.25, 0.3) is 0 Å². The van der Waals surface area contributed by atoms with Gasteiger partial charge < -0.3 is 15.5 Å². The van der Waals surface area contributed by atoms with Gasteiger partial charge in [-0.1, -0.05) is 20.8 Å². The van der Waals surface area contributed by atoms with Crippen LogP contribution in [0.5, 0.6) is 0 Å². The molecule has 5 atom stereocenters. The molecule has 3 aliphatic rings. The van der Waals surface area contributed by atoms with Gasteiger partial charge in [-0.2, -0.15) is 0 Å². The van der Waals surface area contributed by atoms with E-state index in [9.17, 15) is 32.3 Å². The third kappa shape index (κ3) is 5.07. The minimum absolute atomic E-state index is 0.0831. The number of likely N-dealkylation sites (tertiary alicyclic amines) is 1. The molecule has 8 nitrogen and oxygen atoms in total. The molecule has 0 spiro atoms. The molecule has 180 valence electrons. The van der Waals surface area contributed by atoms with Crippen LogP contribution >= 0.6 is 0 Å². The summed E-state index contributed by atoms with van der Waals surface area (Å²) in [6.07, 6.45) is -3.79. The molecule has 3 fully saturated rings. The Hall–Kier alpha value is -2.17. The highest BCUT2D eigenvalue weighted by Gasteiger charge is 2.69. The fourth-order valence-corrected chi connectivity index (χ4v) is 5.14. The summed E-state index contributed by atoms with van der Waals surface area (Å²) in [5.41, 5.74) is -0.144. The normalized spacial score (nSPS) is 29.3. The third-order valence-electron chi connectivity index (χ3n) is 7.03. The van der Waals surface area contributed by atoms with Crippen LogP contribution in [0.1, 0.15) is 46.5 Å². The van der Waals surface area contributed by atoms with Crippen LogP contribution in [-0.4, -0.2) is 66.5 Å². The van der Waals surface area contributed by atoms with Crippen molar-refractivity contribution >= 4 is 23.5 Å². The number of rotatable bonds is 9. The van der Waals surface area contributed by atoms with Gasteiger partial charge in [-0.05, 0) is 36.5 Å². The van der Waals surface area contributed by atoms with Gasteiger partial charge in [0.15, 0.2) is 5.78 Å². The Labute approximate surface area is 184 Å². The number of Topliss-reactive ketones (excluding diaryl/α,β-unsaturated/α-hetero) is 1. The van der Waals surface area contributed by atoms with E-state index in [1.165, 1.54) is 4.90 Å². The molecule has 0 aromatic heterocycles. The van der Waals surface area contributed by atoms with E-state index in [4.69, 9.17) is 0 Å². The predicted molar refractivity (Wildman–Crippen MR) is 106 cm³/mol. The summed E-state index contributed by atoms with van der Waals surface area (Å²) >= 11 is 0. The molecular formula is C21H30F3N3O5. The van der Waals surface area contributed by atoms with Crippen LogP contribution < -0.4 is 10.6 Å². The molecule has 0 aromatic rings. The number of nitrogens with zero attached hydrogens (tertiary/aromatic N) is 1. The highest BCUT2D eigenvalue weighted by molar-refractivity contribution is 5.95. The number of fused-ring (bicyclic) bond motifs is 1. The maximum absolute atomic E-state index is 13.2. The number of hydrogen-bond donors (Lipinski definition) is 2. The van der Waals surface area contributed by atoms with E-state index in [0.717, 1.165) is 0 Å². The molecule has 0 bridgehead atoms. The number of carbonyl (C=O) groups is 4. The number of hydrogen-bond acceptors (Lipinski definition) is 5. The van der Waals surface area contributed by atoms with Gasteiger partial charge in [-0.25, -0.2) is 0 Å². The molecule has 0 unspecified atom stereocenters. The van der Waals surface area contributed by atoms with Gasteiger partial charge >= 0.3 is 6.36 Å². The Morgan fingerprint density at radius 3 is 2.56 bits per heavy atom. The monoisotopic (exact) mass is 461 g/mol. The van der Waals surface area contributed by atoms with Crippen LogP contribution in [0, 0.1) is 23.2 Å². The second kappa shape index (κ2) is 8.99. The van der Waals surface area contributed by atoms with Gasteiger partial charge in [-0.15, -0.1) is 13.2 Å². The third-order valence-corrected chi connectivity index (χ3v) is 7.03. The Balaban J connectivity index is 1.75. The lowest BCUT2D eigenvalue weighted by molar-refractivity contribution is -0.321. The molecule has 2 heterocycles. The van der Waals surface area contributed by atoms with Crippen molar-refractivity contribution in [2.75, 3.05) is 19.7 Å². The van der Waals surface area contributed by atoms with Crippen LogP contribution in [0.4, 0.5) is 13.2 Å². The van der Waals surface area contributed by atoms with Gasteiger partial charge in [0.1, 0.15) is 12.6 Å². The van der Waals surface area contributed by atoms with Crippen LogP contribution in [0.15, 0.2) is 0 Å². The number of ketones is 1. The van der Waals surface area contributed by atoms with Crippen molar-refractivity contribution in [1.82, 2.24) is 15.5 Å². The average Bonchev–Trinajstić information content (AvgIpc) is 3.07. The summed E-state index contributed by atoms with van der Waals surface area (Å²) in [7, 11) is 0.